The summed E-state index contributed by atoms with van der Waals surface area (Å²) in [7, 11) is 2.76. The number of methoxy groups -OCH3 is 2. The van der Waals surface area contributed by atoms with E-state index in [9.17, 15) is 23.1 Å². The molecule has 1 saturated heterocycles. The van der Waals surface area contributed by atoms with E-state index in [0.29, 0.717) is 5.75 Å². The van der Waals surface area contributed by atoms with Crippen molar-refractivity contribution in [3.05, 3.63) is 51.9 Å². The predicted octanol–water partition coefficient (Wildman–Crippen LogP) is 5.97. The van der Waals surface area contributed by atoms with Gasteiger partial charge >= 0.3 is 6.18 Å². The molecule has 188 valence electrons. The second-order valence-electron chi connectivity index (χ2n) is 8.67. The van der Waals surface area contributed by atoms with Gasteiger partial charge in [-0.3, -0.25) is 9.69 Å². The lowest BCUT2D eigenvalue weighted by molar-refractivity contribution is -0.152. The Bertz CT molecular complexity index is 1280. The highest BCUT2D eigenvalue weighted by atomic mass is 19.4. The molecule has 35 heavy (non-hydrogen) atoms. The highest BCUT2D eigenvalue weighted by Gasteiger charge is 2.40. The van der Waals surface area contributed by atoms with E-state index in [1.54, 1.807) is 0 Å². The lowest BCUT2D eigenvalue weighted by atomic mass is 9.97. The second-order valence-corrected chi connectivity index (χ2v) is 8.67. The average Bonchev–Trinajstić information content (AvgIpc) is 2.84. The molecule has 1 aliphatic rings. The maximum Gasteiger partial charge on any atom is 0.450 e. The largest absolute Gasteiger partial charge is 0.507 e. The second kappa shape index (κ2) is 9.81. The number of phenolic OH excluding ortho intramolecular Hbond substituents is 1. The van der Waals surface area contributed by atoms with Gasteiger partial charge in [0.25, 0.3) is 0 Å². The molecule has 4 rings (SSSR count). The number of benzene rings is 2. The van der Waals surface area contributed by atoms with Crippen LogP contribution in [0, 0.1) is 0 Å². The number of halogens is 3. The number of aromatic hydroxyl groups is 1. The Labute approximate surface area is 200 Å². The van der Waals surface area contributed by atoms with Crippen LogP contribution >= 0.6 is 0 Å². The fourth-order valence-electron chi connectivity index (χ4n) is 4.84. The fourth-order valence-corrected chi connectivity index (χ4v) is 4.84. The lowest BCUT2D eigenvalue weighted by Gasteiger charge is -2.35. The summed E-state index contributed by atoms with van der Waals surface area (Å²) in [6.45, 7) is 3.01. The Balaban J connectivity index is 1.95. The van der Waals surface area contributed by atoms with Crippen LogP contribution < -0.4 is 14.9 Å². The highest BCUT2D eigenvalue weighted by Crippen LogP contribution is 2.41. The van der Waals surface area contributed by atoms with Crippen molar-refractivity contribution in [2.45, 2.75) is 51.4 Å². The van der Waals surface area contributed by atoms with Crippen molar-refractivity contribution in [3.8, 4) is 28.4 Å². The first-order valence-electron chi connectivity index (χ1n) is 11.5. The van der Waals surface area contributed by atoms with Gasteiger partial charge in [-0.15, -0.1) is 0 Å². The number of fused-ring (bicyclic) bond motifs is 1. The average molecular weight is 492 g/mol. The van der Waals surface area contributed by atoms with E-state index in [4.69, 9.17) is 13.9 Å². The topological polar surface area (TPSA) is 72.1 Å². The summed E-state index contributed by atoms with van der Waals surface area (Å²) in [5.41, 5.74) is -1.52. The molecule has 2 heterocycles. The van der Waals surface area contributed by atoms with Crippen LogP contribution in [0.5, 0.6) is 17.2 Å². The lowest BCUT2D eigenvalue weighted by Crippen LogP contribution is -2.38. The Morgan fingerprint density at radius 2 is 1.86 bits per heavy atom. The van der Waals surface area contributed by atoms with Crippen molar-refractivity contribution in [2.75, 3.05) is 20.8 Å². The first-order chi connectivity index (χ1) is 16.7. The van der Waals surface area contributed by atoms with Gasteiger partial charge in [0.15, 0.2) is 11.5 Å². The van der Waals surface area contributed by atoms with Gasteiger partial charge in [0.05, 0.1) is 30.7 Å². The number of nitrogens with zero attached hydrogens (tertiary/aromatic N) is 1. The zero-order chi connectivity index (χ0) is 25.3. The Hall–Kier alpha value is -3.20. The summed E-state index contributed by atoms with van der Waals surface area (Å²) in [6, 6.07) is 6.99. The molecule has 1 aliphatic heterocycles. The zero-order valence-electron chi connectivity index (χ0n) is 19.9. The third-order valence-electron chi connectivity index (χ3n) is 6.65. The number of phenols is 1. The molecule has 2 aromatic carbocycles. The van der Waals surface area contributed by atoms with Crippen LogP contribution in [0.15, 0.2) is 39.5 Å². The molecule has 0 unspecified atom stereocenters. The van der Waals surface area contributed by atoms with Crippen LogP contribution in [0.3, 0.4) is 0 Å². The van der Waals surface area contributed by atoms with Crippen LogP contribution in [0.2, 0.25) is 0 Å². The minimum Gasteiger partial charge on any atom is -0.507 e. The van der Waals surface area contributed by atoms with Crippen LogP contribution in [0.25, 0.3) is 22.1 Å². The monoisotopic (exact) mass is 491 g/mol. The molecule has 1 atom stereocenters. The van der Waals surface area contributed by atoms with E-state index in [2.05, 4.69) is 11.8 Å². The highest BCUT2D eigenvalue weighted by molar-refractivity contribution is 5.87. The maximum absolute atomic E-state index is 14.2. The van der Waals surface area contributed by atoms with Crippen molar-refractivity contribution in [1.82, 2.24) is 4.90 Å². The summed E-state index contributed by atoms with van der Waals surface area (Å²) in [5.74, 6) is -1.12. The number of hydrogen-bond donors (Lipinski definition) is 1. The van der Waals surface area contributed by atoms with E-state index in [1.807, 2.05) is 0 Å². The third kappa shape index (κ3) is 4.69. The number of likely N-dealkylation sites (tertiary alicyclic amines) is 1. The van der Waals surface area contributed by atoms with Gasteiger partial charge in [0.1, 0.15) is 11.3 Å². The molecule has 0 spiro atoms. The molecule has 0 aliphatic carbocycles. The van der Waals surface area contributed by atoms with Crippen molar-refractivity contribution in [3.63, 3.8) is 0 Å². The van der Waals surface area contributed by atoms with E-state index < -0.39 is 22.9 Å². The Morgan fingerprint density at radius 1 is 1.11 bits per heavy atom. The van der Waals surface area contributed by atoms with Crippen LogP contribution in [-0.2, 0) is 12.7 Å². The molecule has 0 bridgehead atoms. The number of hydrogen-bond acceptors (Lipinski definition) is 6. The molecular weight excluding hydrogens is 463 g/mol. The Morgan fingerprint density at radius 3 is 2.51 bits per heavy atom. The number of piperidine rings is 1. The van der Waals surface area contributed by atoms with Crippen molar-refractivity contribution in [2.24, 2.45) is 0 Å². The summed E-state index contributed by atoms with van der Waals surface area (Å²) in [4.78, 5) is 15.6. The molecule has 1 aromatic heterocycles. The summed E-state index contributed by atoms with van der Waals surface area (Å²) < 4.78 is 58.5. The molecule has 1 fully saturated rings. The maximum atomic E-state index is 14.2. The van der Waals surface area contributed by atoms with E-state index >= 15 is 0 Å². The van der Waals surface area contributed by atoms with Crippen LogP contribution in [-0.4, -0.2) is 36.8 Å². The number of alkyl halides is 3. The van der Waals surface area contributed by atoms with Crippen LogP contribution in [0.1, 0.15) is 43.9 Å². The Kier molecular flexibility index (Phi) is 6.98. The molecule has 9 heteroatoms. The first-order valence-corrected chi connectivity index (χ1v) is 11.5. The molecular formula is C26H28F3NO5. The van der Waals surface area contributed by atoms with E-state index in [-0.39, 0.29) is 46.2 Å². The molecule has 3 aromatic rings. The van der Waals surface area contributed by atoms with Gasteiger partial charge in [-0.25, -0.2) is 0 Å². The minimum atomic E-state index is -4.95. The van der Waals surface area contributed by atoms with E-state index in [1.165, 1.54) is 44.6 Å². The van der Waals surface area contributed by atoms with Gasteiger partial charge in [-0.2, -0.15) is 13.2 Å². The van der Waals surface area contributed by atoms with Crippen LogP contribution in [0.4, 0.5) is 13.2 Å². The standard InChI is InChI=1S/C26H28F3NO5/c1-4-16-7-5-6-12-30(16)14-18-19(31)10-9-17-23(32)22(25(26(27,28)29)35-24(17)18)15-8-11-20(33-2)21(13-15)34-3/h8-11,13,16,31H,4-7,12,14H2,1-3H3/t16-/m1/s1. The summed E-state index contributed by atoms with van der Waals surface area (Å²) in [6.07, 6.45) is -1.05. The van der Waals surface area contributed by atoms with Gasteiger partial charge in [0.2, 0.25) is 11.2 Å². The number of ether oxygens (including phenoxy) is 2. The minimum absolute atomic E-state index is 0.0117. The van der Waals surface area contributed by atoms with Crippen molar-refractivity contribution in [1.29, 1.82) is 0 Å². The van der Waals surface area contributed by atoms with Gasteiger partial charge in [-0.05, 0) is 55.6 Å². The SMILES string of the molecule is CC[C@@H]1CCCCN1Cc1c(O)ccc2c(=O)c(-c3ccc(OC)c(OC)c3)c(C(F)(F)F)oc12. The number of rotatable bonds is 6. The van der Waals surface area contributed by atoms with Crippen molar-refractivity contribution < 1.29 is 32.2 Å². The quantitative estimate of drug-likeness (QED) is 0.458. The van der Waals surface area contributed by atoms with Crippen molar-refractivity contribution >= 4 is 11.0 Å². The third-order valence-corrected chi connectivity index (χ3v) is 6.65. The molecule has 0 radical (unpaired) electrons. The predicted molar refractivity (Wildman–Crippen MR) is 126 cm³/mol. The van der Waals surface area contributed by atoms with E-state index in [0.717, 1.165) is 32.2 Å². The summed E-state index contributed by atoms with van der Waals surface area (Å²) in [5, 5.41) is 10.6. The van der Waals surface area contributed by atoms with Gasteiger partial charge < -0.3 is 19.0 Å². The van der Waals surface area contributed by atoms with Gasteiger partial charge in [0, 0.05) is 12.6 Å². The zero-order valence-corrected chi connectivity index (χ0v) is 19.9. The summed E-state index contributed by atoms with van der Waals surface area (Å²) >= 11 is 0. The molecule has 6 nitrogen and oxygen atoms in total. The normalized spacial score (nSPS) is 17.0. The smallest absolute Gasteiger partial charge is 0.450 e. The molecule has 0 saturated carbocycles. The molecule has 0 amide bonds. The fraction of sp³-hybridized carbons (Fsp3) is 0.423. The molecule has 1 N–H and O–H groups in total. The first kappa shape index (κ1) is 24.9. The van der Waals surface area contributed by atoms with Gasteiger partial charge in [-0.1, -0.05) is 19.4 Å².